The molecule has 2 aromatic rings. The highest BCUT2D eigenvalue weighted by molar-refractivity contribution is 7.09. The van der Waals surface area contributed by atoms with Gasteiger partial charge in [-0.2, -0.15) is 0 Å². The van der Waals surface area contributed by atoms with Gasteiger partial charge in [0.1, 0.15) is 10.7 Å². The second kappa shape index (κ2) is 8.40. The molecule has 1 heterocycles. The molecule has 0 saturated carbocycles. The molecule has 2 amide bonds. The predicted octanol–water partition coefficient (Wildman–Crippen LogP) is 1.38. The molecule has 1 aromatic carbocycles. The number of aromatic nitrogens is 1. The summed E-state index contributed by atoms with van der Waals surface area (Å²) in [5, 5.41) is 4.95. The third-order valence-corrected chi connectivity index (χ3v) is 4.18. The zero-order valence-corrected chi connectivity index (χ0v) is 13.8. The number of nitrogens with one attached hydrogen (secondary N) is 1. The fourth-order valence-corrected chi connectivity index (χ4v) is 2.70. The van der Waals surface area contributed by atoms with Crippen molar-refractivity contribution in [1.29, 1.82) is 0 Å². The summed E-state index contributed by atoms with van der Waals surface area (Å²) in [7, 11) is 0. The van der Waals surface area contributed by atoms with Crippen molar-refractivity contribution in [2.24, 2.45) is 5.73 Å². The monoisotopic (exact) mass is 332 g/mol. The van der Waals surface area contributed by atoms with Crippen LogP contribution < -0.4 is 11.1 Å². The highest BCUT2D eigenvalue weighted by atomic mass is 32.1. The lowest BCUT2D eigenvalue weighted by Crippen LogP contribution is -2.39. The first-order valence-corrected chi connectivity index (χ1v) is 8.26. The first-order chi connectivity index (χ1) is 11.1. The van der Waals surface area contributed by atoms with Crippen molar-refractivity contribution in [2.75, 3.05) is 13.1 Å². The van der Waals surface area contributed by atoms with E-state index in [9.17, 15) is 9.59 Å². The summed E-state index contributed by atoms with van der Waals surface area (Å²) in [5.41, 5.74) is 6.83. The smallest absolute Gasteiger partial charge is 0.271 e. The molecular weight excluding hydrogens is 312 g/mol. The van der Waals surface area contributed by atoms with Crippen molar-refractivity contribution >= 4 is 23.2 Å². The zero-order valence-electron chi connectivity index (χ0n) is 13.0. The summed E-state index contributed by atoms with van der Waals surface area (Å²) >= 11 is 1.33. The minimum atomic E-state index is -0.356. The van der Waals surface area contributed by atoms with Gasteiger partial charge in [-0.3, -0.25) is 9.59 Å². The molecule has 0 saturated heterocycles. The van der Waals surface area contributed by atoms with E-state index < -0.39 is 0 Å². The molecule has 1 aromatic heterocycles. The van der Waals surface area contributed by atoms with Crippen LogP contribution in [0.15, 0.2) is 35.7 Å². The highest BCUT2D eigenvalue weighted by Crippen LogP contribution is 2.08. The first-order valence-electron chi connectivity index (χ1n) is 7.38. The minimum absolute atomic E-state index is 0.0466. The molecule has 0 radical (unpaired) electrons. The Morgan fingerprint density at radius 1 is 1.30 bits per heavy atom. The second-order valence-corrected chi connectivity index (χ2v) is 5.85. The molecule has 122 valence electrons. The third-order valence-electron chi connectivity index (χ3n) is 3.31. The Kier molecular flexibility index (Phi) is 6.25. The van der Waals surface area contributed by atoms with E-state index in [0.29, 0.717) is 30.3 Å². The summed E-state index contributed by atoms with van der Waals surface area (Å²) in [5.74, 6) is -0.482. The molecular formula is C16H20N4O2S. The van der Waals surface area contributed by atoms with Crippen LogP contribution in [-0.2, 0) is 17.9 Å². The number of carbonyl (C=O) groups excluding carboxylic acids is 2. The molecule has 0 bridgehead atoms. The van der Waals surface area contributed by atoms with Crippen LogP contribution in [0.4, 0.5) is 0 Å². The fourth-order valence-electron chi connectivity index (χ4n) is 2.05. The number of likely N-dealkylation sites (N-methyl/N-ethyl adjacent to an activating group) is 1. The maximum Gasteiger partial charge on any atom is 0.271 e. The maximum atomic E-state index is 12.2. The number of hydrogen-bond acceptors (Lipinski definition) is 5. The summed E-state index contributed by atoms with van der Waals surface area (Å²) in [6.45, 7) is 3.28. The summed E-state index contributed by atoms with van der Waals surface area (Å²) in [6, 6.07) is 9.75. The number of thiazole rings is 1. The molecule has 0 fully saturated rings. The largest absolute Gasteiger partial charge is 0.342 e. The van der Waals surface area contributed by atoms with Crippen LogP contribution in [0, 0.1) is 0 Å². The van der Waals surface area contributed by atoms with Crippen molar-refractivity contribution in [2.45, 2.75) is 20.0 Å². The van der Waals surface area contributed by atoms with Gasteiger partial charge in [0, 0.05) is 25.0 Å². The Hall–Kier alpha value is -2.25. The average molecular weight is 332 g/mol. The van der Waals surface area contributed by atoms with Crippen molar-refractivity contribution in [3.05, 3.63) is 52.0 Å². The number of amides is 2. The van der Waals surface area contributed by atoms with Crippen LogP contribution >= 0.6 is 11.3 Å². The number of hydrogen-bond donors (Lipinski definition) is 2. The van der Waals surface area contributed by atoms with Crippen LogP contribution in [0.2, 0.25) is 0 Å². The molecule has 0 atom stereocenters. The van der Waals surface area contributed by atoms with Crippen molar-refractivity contribution in [3.63, 3.8) is 0 Å². The lowest BCUT2D eigenvalue weighted by molar-refractivity contribution is -0.130. The number of nitrogens with zero attached hydrogens (tertiary/aromatic N) is 2. The normalized spacial score (nSPS) is 10.3. The van der Waals surface area contributed by atoms with E-state index in [0.717, 1.165) is 5.56 Å². The number of nitrogens with two attached hydrogens (primary N) is 1. The summed E-state index contributed by atoms with van der Waals surface area (Å²) in [4.78, 5) is 30.0. The van der Waals surface area contributed by atoms with Gasteiger partial charge >= 0.3 is 0 Å². The Morgan fingerprint density at radius 3 is 2.65 bits per heavy atom. The molecule has 3 N–H and O–H groups in total. The standard InChI is InChI=1S/C16H20N4O2S/c1-2-20(10-12-6-4-3-5-7-12)15(21)9-18-16(22)13-11-23-14(8-17)19-13/h3-7,11H,2,8-10,17H2,1H3,(H,18,22). The van der Waals surface area contributed by atoms with Crippen LogP contribution in [-0.4, -0.2) is 34.8 Å². The predicted molar refractivity (Wildman–Crippen MR) is 89.9 cm³/mol. The topological polar surface area (TPSA) is 88.3 Å². The fraction of sp³-hybridized carbons (Fsp3) is 0.312. The average Bonchev–Trinajstić information content (AvgIpc) is 3.07. The Bertz CT molecular complexity index is 657. The van der Waals surface area contributed by atoms with Crippen LogP contribution in [0.5, 0.6) is 0 Å². The van der Waals surface area contributed by atoms with Crippen molar-refractivity contribution < 1.29 is 9.59 Å². The lowest BCUT2D eigenvalue weighted by atomic mass is 10.2. The van der Waals surface area contributed by atoms with Gasteiger partial charge in [0.15, 0.2) is 0 Å². The Morgan fingerprint density at radius 2 is 2.04 bits per heavy atom. The van der Waals surface area contributed by atoms with E-state index in [1.807, 2.05) is 37.3 Å². The van der Waals surface area contributed by atoms with E-state index in [4.69, 9.17) is 5.73 Å². The quantitative estimate of drug-likeness (QED) is 0.802. The molecule has 0 spiro atoms. The molecule has 7 heteroatoms. The van der Waals surface area contributed by atoms with Gasteiger partial charge in [0.25, 0.3) is 5.91 Å². The van der Waals surface area contributed by atoms with Gasteiger partial charge in [-0.05, 0) is 12.5 Å². The summed E-state index contributed by atoms with van der Waals surface area (Å²) < 4.78 is 0. The zero-order chi connectivity index (χ0) is 16.7. The molecule has 23 heavy (non-hydrogen) atoms. The lowest BCUT2D eigenvalue weighted by Gasteiger charge is -2.21. The van der Waals surface area contributed by atoms with Gasteiger partial charge in [-0.15, -0.1) is 11.3 Å². The van der Waals surface area contributed by atoms with Gasteiger partial charge < -0.3 is 16.0 Å². The van der Waals surface area contributed by atoms with Crippen molar-refractivity contribution in [1.82, 2.24) is 15.2 Å². The number of carbonyl (C=O) groups is 2. The third kappa shape index (κ3) is 4.87. The van der Waals surface area contributed by atoms with Crippen molar-refractivity contribution in [3.8, 4) is 0 Å². The molecule has 0 aliphatic rings. The molecule has 2 rings (SSSR count). The highest BCUT2D eigenvalue weighted by Gasteiger charge is 2.15. The first kappa shape index (κ1) is 17.1. The molecule has 0 aliphatic heterocycles. The van der Waals surface area contributed by atoms with E-state index >= 15 is 0 Å². The molecule has 6 nitrogen and oxygen atoms in total. The van der Waals surface area contributed by atoms with Crippen LogP contribution in [0.1, 0.15) is 28.0 Å². The molecule has 0 aliphatic carbocycles. The van der Waals surface area contributed by atoms with Crippen LogP contribution in [0.25, 0.3) is 0 Å². The van der Waals surface area contributed by atoms with Gasteiger partial charge in [0.05, 0.1) is 6.54 Å². The molecule has 0 unspecified atom stereocenters. The van der Waals surface area contributed by atoms with E-state index in [1.54, 1.807) is 10.3 Å². The number of rotatable bonds is 7. The second-order valence-electron chi connectivity index (χ2n) is 4.91. The van der Waals surface area contributed by atoms with E-state index in [-0.39, 0.29) is 18.4 Å². The van der Waals surface area contributed by atoms with E-state index in [1.165, 1.54) is 11.3 Å². The minimum Gasteiger partial charge on any atom is -0.342 e. The van der Waals surface area contributed by atoms with E-state index in [2.05, 4.69) is 10.3 Å². The summed E-state index contributed by atoms with van der Waals surface area (Å²) in [6.07, 6.45) is 0. The Labute approximate surface area is 139 Å². The van der Waals surface area contributed by atoms with Gasteiger partial charge in [0.2, 0.25) is 5.91 Å². The van der Waals surface area contributed by atoms with Gasteiger partial charge in [-0.1, -0.05) is 30.3 Å². The Balaban J connectivity index is 1.88. The number of benzene rings is 1. The van der Waals surface area contributed by atoms with Crippen LogP contribution in [0.3, 0.4) is 0 Å². The SMILES string of the molecule is CCN(Cc1ccccc1)C(=O)CNC(=O)c1csc(CN)n1. The van der Waals surface area contributed by atoms with Gasteiger partial charge in [-0.25, -0.2) is 4.98 Å². The maximum absolute atomic E-state index is 12.2.